The summed E-state index contributed by atoms with van der Waals surface area (Å²) in [5, 5.41) is 2.59. The van der Waals surface area contributed by atoms with Crippen LogP contribution in [0, 0.1) is 0 Å². The van der Waals surface area contributed by atoms with Crippen molar-refractivity contribution in [2.75, 3.05) is 6.54 Å². The van der Waals surface area contributed by atoms with Crippen LogP contribution in [0.5, 0.6) is 0 Å². The Labute approximate surface area is 123 Å². The molecule has 5 nitrogen and oxygen atoms in total. The van der Waals surface area contributed by atoms with Gasteiger partial charge in [-0.3, -0.25) is 4.79 Å². The summed E-state index contributed by atoms with van der Waals surface area (Å²) < 4.78 is 10.3. The number of alkyl halides is 1. The van der Waals surface area contributed by atoms with Gasteiger partial charge in [-0.2, -0.15) is 0 Å². The van der Waals surface area contributed by atoms with Crippen molar-refractivity contribution in [2.45, 2.75) is 64.0 Å². The second-order valence-corrected chi connectivity index (χ2v) is 7.32. The number of nitrogens with one attached hydrogen (secondary N) is 1. The number of carbonyl (C=O) groups excluding carboxylic acids is 2. The maximum atomic E-state index is 11.7. The van der Waals surface area contributed by atoms with E-state index < -0.39 is 22.1 Å². The minimum Gasteiger partial charge on any atom is -0.459 e. The van der Waals surface area contributed by atoms with Crippen LogP contribution >= 0.6 is 15.9 Å². The SMILES string of the molecule is CC(C)(C)OC(=O)NCCC(Br)C(=O)OC(C)(C)C. The molecule has 0 aliphatic rings. The number of hydrogen-bond donors (Lipinski definition) is 1. The van der Waals surface area contributed by atoms with Crippen molar-refractivity contribution in [3.05, 3.63) is 0 Å². The monoisotopic (exact) mass is 337 g/mol. The van der Waals surface area contributed by atoms with Crippen molar-refractivity contribution in [1.82, 2.24) is 5.32 Å². The Morgan fingerprint density at radius 2 is 1.53 bits per heavy atom. The number of esters is 1. The minimum absolute atomic E-state index is 0.335. The second kappa shape index (κ2) is 7.12. The Morgan fingerprint density at radius 1 is 1.05 bits per heavy atom. The van der Waals surface area contributed by atoms with E-state index in [4.69, 9.17) is 9.47 Å². The van der Waals surface area contributed by atoms with Crippen molar-refractivity contribution in [1.29, 1.82) is 0 Å². The van der Waals surface area contributed by atoms with Crippen LogP contribution in [0.2, 0.25) is 0 Å². The number of carbonyl (C=O) groups is 2. The van der Waals surface area contributed by atoms with Crippen LogP contribution in [0.1, 0.15) is 48.0 Å². The molecule has 0 saturated carbocycles. The summed E-state index contributed by atoms with van der Waals surface area (Å²) in [4.78, 5) is 22.6. The molecule has 0 aromatic carbocycles. The molecule has 0 aliphatic heterocycles. The van der Waals surface area contributed by atoms with Gasteiger partial charge in [0.05, 0.1) is 0 Å². The molecule has 0 heterocycles. The van der Waals surface area contributed by atoms with E-state index in [9.17, 15) is 9.59 Å². The van der Waals surface area contributed by atoms with Gasteiger partial charge in [0, 0.05) is 6.54 Å². The summed E-state index contributed by atoms with van der Waals surface area (Å²) in [5.74, 6) is -0.335. The highest BCUT2D eigenvalue weighted by atomic mass is 79.9. The molecule has 0 rings (SSSR count). The summed E-state index contributed by atoms with van der Waals surface area (Å²) in [7, 11) is 0. The average Bonchev–Trinajstić information content (AvgIpc) is 2.11. The van der Waals surface area contributed by atoms with E-state index in [-0.39, 0.29) is 5.97 Å². The lowest BCUT2D eigenvalue weighted by atomic mass is 10.2. The number of ether oxygens (including phenoxy) is 2. The van der Waals surface area contributed by atoms with Gasteiger partial charge < -0.3 is 14.8 Å². The maximum absolute atomic E-state index is 11.7. The molecule has 0 aromatic rings. The number of amides is 1. The zero-order valence-electron chi connectivity index (χ0n) is 12.5. The Kier molecular flexibility index (Phi) is 6.83. The molecular formula is C13H24BrNO4. The number of alkyl carbamates (subject to hydrolysis) is 1. The molecule has 6 heteroatoms. The van der Waals surface area contributed by atoms with Crippen molar-refractivity contribution in [3.63, 3.8) is 0 Å². The van der Waals surface area contributed by atoms with Crippen molar-refractivity contribution in [2.24, 2.45) is 0 Å². The van der Waals surface area contributed by atoms with Gasteiger partial charge in [0.2, 0.25) is 0 Å². The highest BCUT2D eigenvalue weighted by Crippen LogP contribution is 2.14. The fourth-order valence-corrected chi connectivity index (χ4v) is 1.42. The van der Waals surface area contributed by atoms with Gasteiger partial charge in [0.15, 0.2) is 0 Å². The van der Waals surface area contributed by atoms with Crippen molar-refractivity contribution >= 4 is 28.0 Å². The lowest BCUT2D eigenvalue weighted by Crippen LogP contribution is -2.35. The third-order valence-electron chi connectivity index (χ3n) is 1.73. The zero-order chi connectivity index (χ0) is 15.3. The van der Waals surface area contributed by atoms with Crippen LogP contribution in [-0.2, 0) is 14.3 Å². The van der Waals surface area contributed by atoms with E-state index in [2.05, 4.69) is 21.2 Å². The van der Waals surface area contributed by atoms with Gasteiger partial charge in [-0.1, -0.05) is 15.9 Å². The molecule has 0 saturated heterocycles. The van der Waals surface area contributed by atoms with E-state index >= 15 is 0 Å². The normalized spacial score (nSPS) is 13.6. The van der Waals surface area contributed by atoms with Crippen LogP contribution in [0.4, 0.5) is 4.79 Å². The first-order chi connectivity index (χ1) is 8.41. The number of hydrogen-bond acceptors (Lipinski definition) is 4. The fourth-order valence-electron chi connectivity index (χ4n) is 1.10. The summed E-state index contributed by atoms with van der Waals surface area (Å²) in [6, 6.07) is 0. The predicted molar refractivity (Wildman–Crippen MR) is 77.4 cm³/mol. The van der Waals surface area contributed by atoms with Crippen molar-refractivity contribution in [3.8, 4) is 0 Å². The Hall–Kier alpha value is -0.780. The quantitative estimate of drug-likeness (QED) is 0.632. The summed E-state index contributed by atoms with van der Waals surface area (Å²) in [5.41, 5.74) is -1.04. The Morgan fingerprint density at radius 3 is 1.95 bits per heavy atom. The third-order valence-corrected chi connectivity index (χ3v) is 2.56. The smallest absolute Gasteiger partial charge is 0.407 e. The fraction of sp³-hybridized carbons (Fsp3) is 0.846. The summed E-state index contributed by atoms with van der Waals surface area (Å²) >= 11 is 3.24. The Bertz CT molecular complexity index is 318. The van der Waals surface area contributed by atoms with Gasteiger partial charge in [0.1, 0.15) is 16.0 Å². The van der Waals surface area contributed by atoms with Gasteiger partial charge in [0.25, 0.3) is 0 Å². The van der Waals surface area contributed by atoms with Crippen molar-refractivity contribution < 1.29 is 19.1 Å². The third kappa shape index (κ3) is 10.8. The maximum Gasteiger partial charge on any atom is 0.407 e. The molecule has 0 spiro atoms. The van der Waals surface area contributed by atoms with Crippen LogP contribution in [-0.4, -0.2) is 34.6 Å². The van der Waals surface area contributed by atoms with E-state index in [1.54, 1.807) is 20.8 Å². The van der Waals surface area contributed by atoms with Gasteiger partial charge in [-0.15, -0.1) is 0 Å². The molecule has 0 aliphatic carbocycles. The molecule has 0 aromatic heterocycles. The molecule has 0 radical (unpaired) electrons. The summed E-state index contributed by atoms with van der Waals surface area (Å²) in [6.45, 7) is 11.1. The number of rotatable bonds is 4. The molecule has 1 amide bonds. The Balaban J connectivity index is 3.95. The lowest BCUT2D eigenvalue weighted by molar-refractivity contribution is -0.154. The molecule has 0 bridgehead atoms. The van der Waals surface area contributed by atoms with E-state index in [0.29, 0.717) is 13.0 Å². The standard InChI is InChI=1S/C13H24BrNO4/c1-12(2,3)18-10(16)9(14)7-8-15-11(17)19-13(4,5)6/h9H,7-8H2,1-6H3,(H,15,17). The highest BCUT2D eigenvalue weighted by Gasteiger charge is 2.23. The first-order valence-electron chi connectivity index (χ1n) is 6.24. The topological polar surface area (TPSA) is 64.6 Å². The predicted octanol–water partition coefficient (Wildman–Crippen LogP) is 3.01. The van der Waals surface area contributed by atoms with Crippen LogP contribution in [0.15, 0.2) is 0 Å². The zero-order valence-corrected chi connectivity index (χ0v) is 14.1. The van der Waals surface area contributed by atoms with Gasteiger partial charge >= 0.3 is 12.1 Å². The second-order valence-electron chi connectivity index (χ2n) is 6.22. The minimum atomic E-state index is -0.525. The summed E-state index contributed by atoms with van der Waals surface area (Å²) in [6.07, 6.45) is -0.0508. The largest absolute Gasteiger partial charge is 0.459 e. The molecule has 112 valence electrons. The highest BCUT2D eigenvalue weighted by molar-refractivity contribution is 9.10. The molecule has 19 heavy (non-hydrogen) atoms. The van der Waals surface area contributed by atoms with Crippen LogP contribution in [0.25, 0.3) is 0 Å². The molecule has 0 fully saturated rings. The first-order valence-corrected chi connectivity index (χ1v) is 7.16. The van der Waals surface area contributed by atoms with E-state index in [1.807, 2.05) is 20.8 Å². The van der Waals surface area contributed by atoms with E-state index in [0.717, 1.165) is 0 Å². The van der Waals surface area contributed by atoms with Crippen LogP contribution in [0.3, 0.4) is 0 Å². The molecule has 1 N–H and O–H groups in total. The van der Waals surface area contributed by atoms with E-state index in [1.165, 1.54) is 0 Å². The molecule has 1 unspecified atom stereocenters. The van der Waals surface area contributed by atoms with Crippen LogP contribution < -0.4 is 5.32 Å². The molecule has 1 atom stereocenters. The number of halogens is 1. The average molecular weight is 338 g/mol. The molecular weight excluding hydrogens is 314 g/mol. The van der Waals surface area contributed by atoms with Gasteiger partial charge in [-0.05, 0) is 48.0 Å². The first kappa shape index (κ1) is 18.2. The van der Waals surface area contributed by atoms with Gasteiger partial charge in [-0.25, -0.2) is 4.79 Å². The lowest BCUT2D eigenvalue weighted by Gasteiger charge is -2.22.